The summed E-state index contributed by atoms with van der Waals surface area (Å²) in [5.41, 5.74) is 0.157. The molecule has 1 unspecified atom stereocenters. The number of carbonyl (C=O) groups is 2. The van der Waals surface area contributed by atoms with Crippen molar-refractivity contribution in [3.63, 3.8) is 0 Å². The summed E-state index contributed by atoms with van der Waals surface area (Å²) >= 11 is 0. The Morgan fingerprint density at radius 1 is 1.22 bits per heavy atom. The minimum atomic E-state index is -1.05. The first-order valence-corrected chi connectivity index (χ1v) is 7.34. The lowest BCUT2D eigenvalue weighted by atomic mass is 9.87. The molecule has 0 radical (unpaired) electrons. The van der Waals surface area contributed by atoms with Gasteiger partial charge in [0, 0.05) is 12.3 Å². The number of urea groups is 1. The predicted octanol–water partition coefficient (Wildman–Crippen LogP) is 2.45. The number of ether oxygens (including phenoxy) is 1. The quantitative estimate of drug-likeness (QED) is 0.880. The van der Waals surface area contributed by atoms with Crippen LogP contribution >= 0.6 is 0 Å². The van der Waals surface area contributed by atoms with Crippen molar-refractivity contribution in [3.8, 4) is 5.88 Å². The topological polar surface area (TPSA) is 71.5 Å². The van der Waals surface area contributed by atoms with Crippen molar-refractivity contribution < 1.29 is 14.3 Å². The maximum absolute atomic E-state index is 13.1. The summed E-state index contributed by atoms with van der Waals surface area (Å²) in [6.45, 7) is 1.88. The van der Waals surface area contributed by atoms with Gasteiger partial charge in [0.05, 0.1) is 12.8 Å². The van der Waals surface area contributed by atoms with E-state index in [0.29, 0.717) is 18.0 Å². The highest BCUT2D eigenvalue weighted by atomic mass is 16.5. The fourth-order valence-electron chi connectivity index (χ4n) is 2.82. The molecule has 1 atom stereocenters. The van der Waals surface area contributed by atoms with Crippen molar-refractivity contribution in [1.82, 2.24) is 10.3 Å². The highest BCUT2D eigenvalue weighted by Crippen LogP contribution is 2.35. The van der Waals surface area contributed by atoms with Crippen molar-refractivity contribution in [2.45, 2.75) is 18.9 Å². The lowest BCUT2D eigenvalue weighted by Gasteiger charge is -2.25. The van der Waals surface area contributed by atoms with Crippen LogP contribution in [0.25, 0.3) is 0 Å². The van der Waals surface area contributed by atoms with Crippen LogP contribution in [0.2, 0.25) is 0 Å². The van der Waals surface area contributed by atoms with E-state index in [1.807, 2.05) is 37.3 Å². The lowest BCUT2D eigenvalue weighted by molar-refractivity contribution is -0.122. The van der Waals surface area contributed by atoms with Gasteiger partial charge in [-0.05, 0) is 18.1 Å². The first kappa shape index (κ1) is 15.0. The van der Waals surface area contributed by atoms with E-state index in [2.05, 4.69) is 10.3 Å². The van der Waals surface area contributed by atoms with Crippen LogP contribution < -0.4 is 15.0 Å². The Morgan fingerprint density at radius 2 is 1.96 bits per heavy atom. The summed E-state index contributed by atoms with van der Waals surface area (Å²) in [5, 5.41) is 2.85. The van der Waals surface area contributed by atoms with Crippen molar-refractivity contribution in [2.24, 2.45) is 0 Å². The number of amides is 3. The van der Waals surface area contributed by atoms with Crippen molar-refractivity contribution >= 4 is 17.6 Å². The van der Waals surface area contributed by atoms with Crippen LogP contribution in [0.1, 0.15) is 18.9 Å². The zero-order valence-electron chi connectivity index (χ0n) is 12.9. The maximum atomic E-state index is 13.1. The Bertz CT molecular complexity index is 748. The average Bonchev–Trinajstić information content (AvgIpc) is 2.87. The van der Waals surface area contributed by atoms with Crippen LogP contribution in [0.5, 0.6) is 5.88 Å². The number of pyridine rings is 1. The minimum Gasteiger partial charge on any atom is -0.481 e. The van der Waals surface area contributed by atoms with Gasteiger partial charge < -0.3 is 10.1 Å². The number of anilines is 1. The Balaban J connectivity index is 2.05. The predicted molar refractivity (Wildman–Crippen MR) is 85.2 cm³/mol. The van der Waals surface area contributed by atoms with E-state index in [9.17, 15) is 9.59 Å². The molecule has 6 heteroatoms. The monoisotopic (exact) mass is 311 g/mol. The minimum absolute atomic E-state index is 0.301. The molecule has 1 aromatic heterocycles. The maximum Gasteiger partial charge on any atom is 0.329 e. The Labute approximate surface area is 134 Å². The zero-order chi connectivity index (χ0) is 16.4. The van der Waals surface area contributed by atoms with E-state index >= 15 is 0 Å². The molecule has 23 heavy (non-hydrogen) atoms. The molecule has 1 fully saturated rings. The number of hydrogen-bond donors (Lipinski definition) is 1. The summed E-state index contributed by atoms with van der Waals surface area (Å²) in [7, 11) is 1.48. The number of imide groups is 1. The summed E-state index contributed by atoms with van der Waals surface area (Å²) in [6, 6.07) is 12.0. The van der Waals surface area contributed by atoms with Crippen molar-refractivity contribution in [2.75, 3.05) is 12.0 Å². The number of hydrogen-bond acceptors (Lipinski definition) is 4. The van der Waals surface area contributed by atoms with Gasteiger partial charge in [0.25, 0.3) is 5.91 Å². The number of nitrogens with one attached hydrogen (secondary N) is 1. The summed E-state index contributed by atoms with van der Waals surface area (Å²) in [6.07, 6.45) is 1.96. The Kier molecular flexibility index (Phi) is 3.73. The van der Waals surface area contributed by atoms with E-state index in [1.165, 1.54) is 13.3 Å². The molecule has 0 saturated carbocycles. The Hall–Kier alpha value is -2.89. The normalized spacial score (nSPS) is 20.5. The second-order valence-electron chi connectivity index (χ2n) is 5.25. The molecule has 1 aliphatic heterocycles. The Morgan fingerprint density at radius 3 is 2.61 bits per heavy atom. The van der Waals surface area contributed by atoms with E-state index < -0.39 is 11.6 Å². The number of methoxy groups -OCH3 is 1. The fourth-order valence-corrected chi connectivity index (χ4v) is 2.82. The largest absolute Gasteiger partial charge is 0.481 e. The molecule has 1 saturated heterocycles. The summed E-state index contributed by atoms with van der Waals surface area (Å²) in [4.78, 5) is 30.7. The van der Waals surface area contributed by atoms with Gasteiger partial charge >= 0.3 is 6.03 Å². The second-order valence-corrected chi connectivity index (χ2v) is 5.25. The van der Waals surface area contributed by atoms with Crippen LogP contribution in [-0.4, -0.2) is 24.0 Å². The van der Waals surface area contributed by atoms with Crippen LogP contribution in [0.4, 0.5) is 10.5 Å². The molecule has 0 aliphatic carbocycles. The number of carbonyl (C=O) groups excluding carboxylic acids is 2. The van der Waals surface area contributed by atoms with E-state index in [0.717, 1.165) is 10.5 Å². The third-order valence-electron chi connectivity index (χ3n) is 4.07. The van der Waals surface area contributed by atoms with E-state index in [4.69, 9.17) is 4.74 Å². The van der Waals surface area contributed by atoms with Gasteiger partial charge in [-0.3, -0.25) is 4.79 Å². The van der Waals surface area contributed by atoms with Crippen molar-refractivity contribution in [1.29, 1.82) is 0 Å². The average molecular weight is 311 g/mol. The first-order chi connectivity index (χ1) is 11.1. The van der Waals surface area contributed by atoms with Gasteiger partial charge in [-0.15, -0.1) is 0 Å². The summed E-state index contributed by atoms with van der Waals surface area (Å²) < 4.78 is 5.07. The molecule has 2 aromatic rings. The van der Waals surface area contributed by atoms with Crippen LogP contribution in [0, 0.1) is 0 Å². The molecule has 0 spiro atoms. The van der Waals surface area contributed by atoms with Gasteiger partial charge in [-0.25, -0.2) is 14.7 Å². The molecule has 1 N–H and O–H groups in total. The standard InChI is InChI=1S/C17H17N3O3/c1-3-17(12-7-5-4-6-8-12)15(21)20(16(22)19-17)13-9-10-18-14(11-13)23-2/h4-11H,3H2,1-2H3,(H,19,22). The lowest BCUT2D eigenvalue weighted by Crippen LogP contribution is -2.43. The number of benzene rings is 1. The first-order valence-electron chi connectivity index (χ1n) is 7.34. The molecule has 3 rings (SSSR count). The number of nitrogens with zero attached hydrogens (tertiary/aromatic N) is 2. The van der Waals surface area contributed by atoms with Gasteiger partial charge in [-0.1, -0.05) is 37.3 Å². The third kappa shape index (κ3) is 2.32. The third-order valence-corrected chi connectivity index (χ3v) is 4.07. The zero-order valence-corrected chi connectivity index (χ0v) is 12.9. The van der Waals surface area contributed by atoms with Gasteiger partial charge in [-0.2, -0.15) is 0 Å². The number of rotatable bonds is 4. The van der Waals surface area contributed by atoms with Gasteiger partial charge in [0.1, 0.15) is 5.54 Å². The molecule has 3 amide bonds. The SMILES string of the molecule is CCC1(c2ccccc2)NC(=O)N(c2ccnc(OC)c2)C1=O. The molecular formula is C17H17N3O3. The van der Waals surface area contributed by atoms with Gasteiger partial charge in [0.2, 0.25) is 5.88 Å². The van der Waals surface area contributed by atoms with Crippen molar-refractivity contribution in [3.05, 3.63) is 54.2 Å². The van der Waals surface area contributed by atoms with Gasteiger partial charge in [0.15, 0.2) is 0 Å². The highest BCUT2D eigenvalue weighted by molar-refractivity contribution is 6.23. The highest BCUT2D eigenvalue weighted by Gasteiger charge is 2.51. The van der Waals surface area contributed by atoms with E-state index in [-0.39, 0.29) is 5.91 Å². The van der Waals surface area contributed by atoms with Crippen LogP contribution in [-0.2, 0) is 10.3 Å². The molecule has 1 aromatic carbocycles. The molecule has 118 valence electrons. The fraction of sp³-hybridized carbons (Fsp3) is 0.235. The molecule has 6 nitrogen and oxygen atoms in total. The van der Waals surface area contributed by atoms with Crippen LogP contribution in [0.3, 0.4) is 0 Å². The second kappa shape index (κ2) is 5.72. The summed E-state index contributed by atoms with van der Waals surface area (Å²) in [5.74, 6) is 0.0428. The number of aromatic nitrogens is 1. The molecule has 0 bridgehead atoms. The smallest absolute Gasteiger partial charge is 0.329 e. The molecular weight excluding hydrogens is 294 g/mol. The molecule has 2 heterocycles. The van der Waals surface area contributed by atoms with E-state index in [1.54, 1.807) is 12.1 Å². The molecule has 1 aliphatic rings. The van der Waals surface area contributed by atoms with Crippen LogP contribution in [0.15, 0.2) is 48.7 Å².